The highest BCUT2D eigenvalue weighted by Crippen LogP contribution is 2.36. The van der Waals surface area contributed by atoms with Crippen molar-refractivity contribution in [1.82, 2.24) is 4.90 Å². The number of anilines is 2. The summed E-state index contributed by atoms with van der Waals surface area (Å²) in [6.07, 6.45) is 1.78. The second-order valence-electron chi connectivity index (χ2n) is 8.07. The van der Waals surface area contributed by atoms with Gasteiger partial charge in [0.15, 0.2) is 6.61 Å². The number of carbonyl (C=O) groups excluding carboxylic acids is 1. The van der Waals surface area contributed by atoms with Crippen LogP contribution in [0.3, 0.4) is 0 Å². The molecule has 1 spiro atoms. The zero-order valence-corrected chi connectivity index (χ0v) is 18.2. The summed E-state index contributed by atoms with van der Waals surface area (Å²) in [5, 5.41) is 7.19. The maximum absolute atomic E-state index is 13.0. The Kier molecular flexibility index (Phi) is 6.42. The van der Waals surface area contributed by atoms with Crippen molar-refractivity contribution in [2.75, 3.05) is 50.6 Å². The molecule has 0 bridgehead atoms. The Morgan fingerprint density at radius 2 is 1.94 bits per heavy atom. The minimum Gasteiger partial charge on any atom is -0.484 e. The Labute approximate surface area is 183 Å². The van der Waals surface area contributed by atoms with Crippen LogP contribution in [0.25, 0.3) is 0 Å². The second-order valence-corrected chi connectivity index (χ2v) is 8.07. The molecule has 0 unspecified atom stereocenters. The van der Waals surface area contributed by atoms with E-state index < -0.39 is 5.54 Å². The topological polar surface area (TPSA) is 75.2 Å². The van der Waals surface area contributed by atoms with Gasteiger partial charge in [0.05, 0.1) is 31.1 Å². The lowest BCUT2D eigenvalue weighted by Gasteiger charge is -2.47. The molecule has 2 heterocycles. The predicted octanol–water partition coefficient (Wildman–Crippen LogP) is 3.32. The molecule has 2 N–H and O–H groups in total. The largest absolute Gasteiger partial charge is 0.484 e. The lowest BCUT2D eigenvalue weighted by molar-refractivity contribution is -0.134. The van der Waals surface area contributed by atoms with Gasteiger partial charge in [0, 0.05) is 13.7 Å². The van der Waals surface area contributed by atoms with Crippen LogP contribution in [0.15, 0.2) is 53.5 Å². The molecular formula is C24H30N4O3. The van der Waals surface area contributed by atoms with E-state index in [2.05, 4.69) is 16.7 Å². The van der Waals surface area contributed by atoms with E-state index >= 15 is 0 Å². The standard InChI is InChI=1S/C24H30N4O3/c1-18-8-3-6-11-21(18)31-16-22(29)28-14-7-12-24(17-28)23(25-13-15-30-2)26-19-9-4-5-10-20(19)27-24/h3-6,8-11,27H,7,12-17H2,1-2H3,(H,25,26)/t24-/m1/s1. The van der Waals surface area contributed by atoms with Gasteiger partial charge >= 0.3 is 0 Å². The van der Waals surface area contributed by atoms with Crippen LogP contribution < -0.4 is 15.4 Å². The number of ether oxygens (including phenoxy) is 2. The number of nitrogens with zero attached hydrogens (tertiary/aromatic N) is 2. The first-order valence-corrected chi connectivity index (χ1v) is 10.8. The Morgan fingerprint density at radius 1 is 1.16 bits per heavy atom. The smallest absolute Gasteiger partial charge is 0.260 e. The van der Waals surface area contributed by atoms with Crippen LogP contribution in [0.5, 0.6) is 5.75 Å². The first kappa shape index (κ1) is 21.2. The molecule has 0 aliphatic carbocycles. The van der Waals surface area contributed by atoms with E-state index in [4.69, 9.17) is 14.5 Å². The maximum atomic E-state index is 13.0. The summed E-state index contributed by atoms with van der Waals surface area (Å²) in [4.78, 5) is 19.7. The molecule has 1 fully saturated rings. The quantitative estimate of drug-likeness (QED) is 0.699. The number of nitrogens with one attached hydrogen (secondary N) is 2. The third kappa shape index (κ3) is 4.66. The van der Waals surface area contributed by atoms with Crippen LogP contribution in [-0.2, 0) is 9.53 Å². The van der Waals surface area contributed by atoms with Gasteiger partial charge in [-0.25, -0.2) is 0 Å². The van der Waals surface area contributed by atoms with Crippen molar-refractivity contribution >= 4 is 23.1 Å². The number of amides is 1. The first-order valence-electron chi connectivity index (χ1n) is 10.8. The fourth-order valence-corrected chi connectivity index (χ4v) is 4.22. The summed E-state index contributed by atoms with van der Waals surface area (Å²) in [6, 6.07) is 15.8. The highest BCUT2D eigenvalue weighted by atomic mass is 16.5. The molecular weight excluding hydrogens is 392 g/mol. The second kappa shape index (κ2) is 9.39. The zero-order chi connectivity index (χ0) is 21.7. The highest BCUT2D eigenvalue weighted by Gasteiger charge is 2.44. The molecule has 0 aromatic heterocycles. The molecule has 1 amide bonds. The summed E-state index contributed by atoms with van der Waals surface area (Å²) in [7, 11) is 1.67. The van der Waals surface area contributed by atoms with Gasteiger partial charge in [-0.3, -0.25) is 9.79 Å². The van der Waals surface area contributed by atoms with Gasteiger partial charge in [-0.1, -0.05) is 30.3 Å². The first-order chi connectivity index (χ1) is 15.1. The van der Waals surface area contributed by atoms with Gasteiger partial charge < -0.3 is 25.0 Å². The third-order valence-electron chi connectivity index (χ3n) is 5.86. The molecule has 1 saturated heterocycles. The lowest BCUT2D eigenvalue weighted by Crippen LogP contribution is -2.63. The highest BCUT2D eigenvalue weighted by molar-refractivity contribution is 6.10. The summed E-state index contributed by atoms with van der Waals surface area (Å²) in [5.41, 5.74) is 2.60. The minimum absolute atomic E-state index is 0.0146. The Bertz CT molecular complexity index is 961. The SMILES string of the molecule is COCCN=C1Nc2ccccc2N[C@@]12CCCN(C(=O)COc1ccccc1C)C2. The molecule has 2 aliphatic rings. The van der Waals surface area contributed by atoms with Gasteiger partial charge in [-0.15, -0.1) is 0 Å². The molecule has 7 heteroatoms. The average molecular weight is 423 g/mol. The molecule has 0 radical (unpaired) electrons. The van der Waals surface area contributed by atoms with E-state index in [0.717, 1.165) is 41.4 Å². The number of methoxy groups -OCH3 is 1. The predicted molar refractivity (Wildman–Crippen MR) is 123 cm³/mol. The monoisotopic (exact) mass is 422 g/mol. The van der Waals surface area contributed by atoms with Gasteiger partial charge in [0.2, 0.25) is 0 Å². The van der Waals surface area contributed by atoms with Gasteiger partial charge in [-0.2, -0.15) is 0 Å². The maximum Gasteiger partial charge on any atom is 0.260 e. The summed E-state index contributed by atoms with van der Waals surface area (Å²) in [5.74, 6) is 1.59. The van der Waals surface area contributed by atoms with Gasteiger partial charge in [-0.05, 0) is 43.5 Å². The average Bonchev–Trinajstić information content (AvgIpc) is 2.79. The summed E-state index contributed by atoms with van der Waals surface area (Å²) >= 11 is 0. The zero-order valence-electron chi connectivity index (χ0n) is 18.2. The molecule has 31 heavy (non-hydrogen) atoms. The number of para-hydroxylation sites is 3. The molecule has 2 aromatic carbocycles. The molecule has 2 aliphatic heterocycles. The third-order valence-corrected chi connectivity index (χ3v) is 5.86. The van der Waals surface area contributed by atoms with E-state index in [0.29, 0.717) is 26.2 Å². The van der Waals surface area contributed by atoms with E-state index in [-0.39, 0.29) is 12.5 Å². The van der Waals surface area contributed by atoms with Crippen molar-refractivity contribution in [2.45, 2.75) is 25.3 Å². The van der Waals surface area contributed by atoms with Crippen molar-refractivity contribution < 1.29 is 14.3 Å². The van der Waals surface area contributed by atoms with Crippen molar-refractivity contribution in [2.24, 2.45) is 4.99 Å². The summed E-state index contributed by atoms with van der Waals surface area (Å²) in [6.45, 7) is 4.38. The Morgan fingerprint density at radius 3 is 2.74 bits per heavy atom. The van der Waals surface area contributed by atoms with Crippen molar-refractivity contribution in [3.8, 4) is 5.75 Å². The van der Waals surface area contributed by atoms with Crippen LogP contribution >= 0.6 is 0 Å². The van der Waals surface area contributed by atoms with Crippen LogP contribution in [0.4, 0.5) is 11.4 Å². The number of aryl methyl sites for hydroxylation is 1. The number of hydrogen-bond donors (Lipinski definition) is 2. The van der Waals surface area contributed by atoms with Crippen LogP contribution in [0.2, 0.25) is 0 Å². The molecule has 4 rings (SSSR count). The van der Waals surface area contributed by atoms with E-state index in [1.165, 1.54) is 0 Å². The molecule has 164 valence electrons. The number of piperidine rings is 1. The summed E-state index contributed by atoms with van der Waals surface area (Å²) < 4.78 is 11.0. The van der Waals surface area contributed by atoms with Gasteiger partial charge in [0.1, 0.15) is 17.1 Å². The number of likely N-dealkylation sites (tertiary alicyclic amines) is 1. The van der Waals surface area contributed by atoms with E-state index in [9.17, 15) is 4.79 Å². The normalized spacial score (nSPS) is 21.4. The number of aliphatic imine (C=N–C) groups is 1. The van der Waals surface area contributed by atoms with Crippen LogP contribution in [0.1, 0.15) is 18.4 Å². The number of hydrogen-bond acceptors (Lipinski definition) is 5. The van der Waals surface area contributed by atoms with Crippen LogP contribution in [-0.4, -0.2) is 62.1 Å². The molecule has 2 aromatic rings. The Hall–Kier alpha value is -3.06. The minimum atomic E-state index is -0.446. The van der Waals surface area contributed by atoms with E-state index in [1.54, 1.807) is 7.11 Å². The molecule has 7 nitrogen and oxygen atoms in total. The molecule has 1 atom stereocenters. The number of benzene rings is 2. The lowest BCUT2D eigenvalue weighted by atomic mass is 9.85. The Balaban J connectivity index is 1.51. The van der Waals surface area contributed by atoms with Crippen molar-refractivity contribution in [1.29, 1.82) is 0 Å². The number of fused-ring (bicyclic) bond motifs is 1. The fraction of sp³-hybridized carbons (Fsp3) is 0.417. The fourth-order valence-electron chi connectivity index (χ4n) is 4.22. The van der Waals surface area contributed by atoms with Crippen molar-refractivity contribution in [3.05, 3.63) is 54.1 Å². The number of rotatable bonds is 6. The number of amidine groups is 1. The van der Waals surface area contributed by atoms with Crippen LogP contribution in [0, 0.1) is 6.92 Å². The number of carbonyl (C=O) groups is 1. The molecule has 0 saturated carbocycles. The van der Waals surface area contributed by atoms with Gasteiger partial charge in [0.25, 0.3) is 5.91 Å². The van der Waals surface area contributed by atoms with E-state index in [1.807, 2.05) is 54.3 Å². The van der Waals surface area contributed by atoms with Crippen molar-refractivity contribution in [3.63, 3.8) is 0 Å².